The fraction of sp³-hybridized carbons (Fsp3) is 0. The molecule has 8 rings (SSSR count). The van der Waals surface area contributed by atoms with E-state index in [1.165, 1.54) is 15.6 Å². The zero-order chi connectivity index (χ0) is 32.5. The van der Waals surface area contributed by atoms with Crippen LogP contribution in [0, 0.1) is 17.9 Å². The van der Waals surface area contributed by atoms with E-state index in [-0.39, 0.29) is 0 Å². The molecule has 0 radical (unpaired) electrons. The quantitative estimate of drug-likeness (QED) is 0.104. The predicted octanol–water partition coefficient (Wildman–Crippen LogP) is 8.25. The second-order valence-corrected chi connectivity index (χ2v) is 15.6. The minimum Gasteiger partial charge on any atom is -0.309 e. The molecule has 0 bridgehead atoms. The molecule has 0 aliphatic carbocycles. The maximum Gasteiger partial charge on any atom is 0.188 e. The molecule has 8 aromatic rings. The predicted molar refractivity (Wildman–Crippen MR) is 201 cm³/mol. The first-order chi connectivity index (χ1) is 23.7. The van der Waals surface area contributed by atoms with Gasteiger partial charge in [0.25, 0.3) is 0 Å². The molecule has 4 heteroatoms. The number of hydrogen-bond acceptors (Lipinski definition) is 1. The molecule has 0 amide bonds. The van der Waals surface area contributed by atoms with Crippen molar-refractivity contribution in [3.63, 3.8) is 0 Å². The molecule has 0 saturated heterocycles. The number of nitriles is 1. The van der Waals surface area contributed by atoms with Gasteiger partial charge in [0.2, 0.25) is 0 Å². The molecule has 0 aliphatic rings. The summed E-state index contributed by atoms with van der Waals surface area (Å²) in [5.74, 6) is 0. The summed E-state index contributed by atoms with van der Waals surface area (Å²) in [6.07, 6.45) is 0. The average molecular weight is 628 g/mol. The first kappa shape index (κ1) is 29.0. The number of rotatable bonds is 6. The Morgan fingerprint density at radius 3 is 1.90 bits per heavy atom. The van der Waals surface area contributed by atoms with Gasteiger partial charge in [0.1, 0.15) is 0 Å². The number of para-hydroxylation sites is 1. The van der Waals surface area contributed by atoms with E-state index in [1.807, 2.05) is 24.3 Å². The third-order valence-corrected chi connectivity index (χ3v) is 14.3. The lowest BCUT2D eigenvalue weighted by atomic mass is 10.0. The molecule has 1 heterocycles. The van der Waals surface area contributed by atoms with Gasteiger partial charge in [0.15, 0.2) is 13.8 Å². The molecule has 0 unspecified atom stereocenters. The van der Waals surface area contributed by atoms with E-state index in [1.54, 1.807) is 0 Å². The van der Waals surface area contributed by atoms with E-state index in [9.17, 15) is 5.26 Å². The fourth-order valence-electron chi connectivity index (χ4n) is 7.40. The second kappa shape index (κ2) is 12.0. The van der Waals surface area contributed by atoms with Crippen molar-refractivity contribution in [3.8, 4) is 22.9 Å². The highest BCUT2D eigenvalue weighted by Gasteiger charge is 2.44. The van der Waals surface area contributed by atoms with Gasteiger partial charge in [0, 0.05) is 11.1 Å². The topological polar surface area (TPSA) is 33.1 Å². The van der Waals surface area contributed by atoms with Crippen LogP contribution in [-0.2, 0) is 0 Å². The minimum absolute atomic E-state index is 0.633. The molecule has 0 saturated carbocycles. The largest absolute Gasteiger partial charge is 0.309 e. The highest BCUT2D eigenvalue weighted by Crippen LogP contribution is 2.35. The lowest BCUT2D eigenvalue weighted by Crippen LogP contribution is -2.75. The average Bonchev–Trinajstić information content (AvgIpc) is 3.50. The van der Waals surface area contributed by atoms with Gasteiger partial charge < -0.3 is 4.57 Å². The summed E-state index contributed by atoms with van der Waals surface area (Å²) in [5, 5.41) is 17.4. The maximum atomic E-state index is 10.5. The molecular formula is C44H29N3Si. The molecule has 0 fully saturated rings. The van der Waals surface area contributed by atoms with E-state index < -0.39 is 8.07 Å². The normalized spacial score (nSPS) is 11.3. The van der Waals surface area contributed by atoms with Crippen LogP contribution in [0.3, 0.4) is 0 Å². The summed E-state index contributed by atoms with van der Waals surface area (Å²) in [7, 11) is -3.03. The van der Waals surface area contributed by atoms with Gasteiger partial charge in [-0.15, -0.1) is 0 Å². The number of hydrogen-bond donors (Lipinski definition) is 0. The lowest BCUT2D eigenvalue weighted by Gasteiger charge is -2.36. The Balaban J connectivity index is 1.43. The van der Waals surface area contributed by atoms with Gasteiger partial charge >= 0.3 is 0 Å². The molecule has 7 aromatic carbocycles. The van der Waals surface area contributed by atoms with Gasteiger partial charge in [-0.1, -0.05) is 140 Å². The fourth-order valence-corrected chi connectivity index (χ4v) is 12.5. The monoisotopic (exact) mass is 627 g/mol. The van der Waals surface area contributed by atoms with Gasteiger partial charge in [0.05, 0.1) is 29.2 Å². The summed E-state index contributed by atoms with van der Waals surface area (Å²) in [4.78, 5) is 3.71. The summed E-state index contributed by atoms with van der Waals surface area (Å²) in [5.41, 5.74) is 6.79. The van der Waals surface area contributed by atoms with Crippen LogP contribution >= 0.6 is 0 Å². The first-order valence-electron chi connectivity index (χ1n) is 16.0. The van der Waals surface area contributed by atoms with Crippen LogP contribution in [0.15, 0.2) is 176 Å². The van der Waals surface area contributed by atoms with Crippen LogP contribution in [0.4, 0.5) is 5.69 Å². The van der Waals surface area contributed by atoms with E-state index >= 15 is 0 Å². The zero-order valence-electron chi connectivity index (χ0n) is 26.1. The van der Waals surface area contributed by atoms with Crippen molar-refractivity contribution in [1.82, 2.24) is 4.57 Å². The molecule has 0 N–H and O–H groups in total. The highest BCUT2D eigenvalue weighted by molar-refractivity contribution is 7.20. The van der Waals surface area contributed by atoms with Crippen LogP contribution in [0.25, 0.3) is 43.5 Å². The standard InChI is InChI=1S/C44H29N3Si/c1-46-34-27-28-42-40(30-34)39-23-9-11-24-41(39)47(42)35-17-14-16-32(29-35)38-22-10-13-26-44(38)48(36-18-4-2-5-19-36,37-20-6-3-7-21-37)43-25-12-8-15-33(43)31-45/h2-30H. The Bertz CT molecular complexity index is 2500. The Morgan fingerprint density at radius 2 is 1.17 bits per heavy atom. The number of benzene rings is 7. The van der Waals surface area contributed by atoms with Crippen molar-refractivity contribution < 1.29 is 0 Å². The van der Waals surface area contributed by atoms with E-state index in [0.717, 1.165) is 43.8 Å². The molecule has 224 valence electrons. The Labute approximate surface area is 281 Å². The summed E-state index contributed by atoms with van der Waals surface area (Å²) < 4.78 is 2.30. The lowest BCUT2D eigenvalue weighted by molar-refractivity contribution is 1.18. The summed E-state index contributed by atoms with van der Waals surface area (Å²) >= 11 is 0. The molecule has 1 aromatic heterocycles. The molecule has 0 aliphatic heterocycles. The number of fused-ring (bicyclic) bond motifs is 3. The van der Waals surface area contributed by atoms with E-state index in [4.69, 9.17) is 6.57 Å². The van der Waals surface area contributed by atoms with Crippen molar-refractivity contribution in [3.05, 3.63) is 193 Å². The maximum absolute atomic E-state index is 10.5. The molecule has 3 nitrogen and oxygen atoms in total. The van der Waals surface area contributed by atoms with Gasteiger partial charge in [-0.3, -0.25) is 0 Å². The SMILES string of the molecule is [C-]#[N+]c1ccc2c(c1)c1ccccc1n2-c1cccc(-c2ccccc2[Si](c2ccccc2)(c2ccccc2)c2ccccc2C#N)c1. The smallest absolute Gasteiger partial charge is 0.188 e. The number of nitrogens with zero attached hydrogens (tertiary/aromatic N) is 3. The molecule has 0 spiro atoms. The van der Waals surface area contributed by atoms with Crippen LogP contribution < -0.4 is 20.7 Å². The van der Waals surface area contributed by atoms with Crippen molar-refractivity contribution in [2.24, 2.45) is 0 Å². The summed E-state index contributed by atoms with van der Waals surface area (Å²) in [6.45, 7) is 7.61. The minimum atomic E-state index is -3.03. The highest BCUT2D eigenvalue weighted by atomic mass is 28.3. The van der Waals surface area contributed by atoms with E-state index in [0.29, 0.717) is 11.3 Å². The zero-order valence-corrected chi connectivity index (χ0v) is 27.1. The third kappa shape index (κ3) is 4.55. The van der Waals surface area contributed by atoms with E-state index in [2.05, 4.69) is 167 Å². The Hall–Kier alpha value is -6.46. The second-order valence-electron chi connectivity index (χ2n) is 11.9. The van der Waals surface area contributed by atoms with Gasteiger partial charge in [-0.05, 0) is 73.7 Å². The van der Waals surface area contributed by atoms with Crippen molar-refractivity contribution in [1.29, 1.82) is 5.26 Å². The van der Waals surface area contributed by atoms with Crippen LogP contribution in [0.1, 0.15) is 5.56 Å². The van der Waals surface area contributed by atoms with Gasteiger partial charge in [-0.2, -0.15) is 5.26 Å². The molecule has 48 heavy (non-hydrogen) atoms. The number of aromatic nitrogens is 1. The summed E-state index contributed by atoms with van der Waals surface area (Å²) in [6, 6.07) is 64.0. The third-order valence-electron chi connectivity index (χ3n) is 9.40. The van der Waals surface area contributed by atoms with Crippen molar-refractivity contribution >= 4 is 56.3 Å². The van der Waals surface area contributed by atoms with Crippen molar-refractivity contribution in [2.45, 2.75) is 0 Å². The van der Waals surface area contributed by atoms with Crippen LogP contribution in [-0.4, -0.2) is 12.6 Å². The Morgan fingerprint density at radius 1 is 0.542 bits per heavy atom. The molecular weight excluding hydrogens is 599 g/mol. The van der Waals surface area contributed by atoms with Crippen LogP contribution in [0.2, 0.25) is 0 Å². The van der Waals surface area contributed by atoms with Gasteiger partial charge in [-0.25, -0.2) is 4.85 Å². The Kier molecular flexibility index (Phi) is 7.27. The van der Waals surface area contributed by atoms with Crippen molar-refractivity contribution in [2.75, 3.05) is 0 Å². The van der Waals surface area contributed by atoms with Crippen LogP contribution in [0.5, 0.6) is 0 Å². The first-order valence-corrected chi connectivity index (χ1v) is 18.0. The molecule has 0 atom stereocenters.